The number of rotatable bonds is 4. The second-order valence-electron chi connectivity index (χ2n) is 4.52. The van der Waals surface area contributed by atoms with E-state index in [0.29, 0.717) is 11.3 Å². The second-order valence-corrected chi connectivity index (χ2v) is 4.52. The van der Waals surface area contributed by atoms with Gasteiger partial charge in [-0.25, -0.2) is 0 Å². The Morgan fingerprint density at radius 1 is 1.40 bits per heavy atom. The molecule has 6 heteroatoms. The molecule has 0 fully saturated rings. The van der Waals surface area contributed by atoms with Gasteiger partial charge in [-0.05, 0) is 24.6 Å². The van der Waals surface area contributed by atoms with Gasteiger partial charge in [-0.2, -0.15) is 5.10 Å². The third kappa shape index (κ3) is 2.74. The monoisotopic (exact) mass is 273 g/mol. The van der Waals surface area contributed by atoms with Gasteiger partial charge in [-0.15, -0.1) is 0 Å². The summed E-state index contributed by atoms with van der Waals surface area (Å²) in [5, 5.41) is 10.2. The molecule has 0 radical (unpaired) electrons. The standard InChI is InChI=1S/C14H19N5O/c1-4-11-13(8-19(3)18-11)17-12-6-5-9(7-10(12)15)14(20)16-2/h5-8,17H,4,15H2,1-3H3,(H,16,20). The summed E-state index contributed by atoms with van der Waals surface area (Å²) in [6.07, 6.45) is 2.74. The Morgan fingerprint density at radius 2 is 2.15 bits per heavy atom. The summed E-state index contributed by atoms with van der Waals surface area (Å²) in [7, 11) is 3.47. The second kappa shape index (κ2) is 5.64. The van der Waals surface area contributed by atoms with Gasteiger partial charge < -0.3 is 16.4 Å². The Labute approximate surface area is 118 Å². The number of amides is 1. The van der Waals surface area contributed by atoms with Crippen LogP contribution in [0.15, 0.2) is 24.4 Å². The smallest absolute Gasteiger partial charge is 0.251 e. The Balaban J connectivity index is 2.27. The molecule has 6 nitrogen and oxygen atoms in total. The van der Waals surface area contributed by atoms with Crippen LogP contribution in [0, 0.1) is 0 Å². The summed E-state index contributed by atoms with van der Waals surface area (Å²) in [4.78, 5) is 11.5. The highest BCUT2D eigenvalue weighted by molar-refractivity contribution is 5.96. The lowest BCUT2D eigenvalue weighted by Gasteiger charge is -2.10. The molecule has 0 aliphatic rings. The first-order valence-corrected chi connectivity index (χ1v) is 6.46. The molecular formula is C14H19N5O. The van der Waals surface area contributed by atoms with Gasteiger partial charge in [0.15, 0.2) is 0 Å². The van der Waals surface area contributed by atoms with E-state index in [2.05, 4.69) is 15.7 Å². The van der Waals surface area contributed by atoms with E-state index in [1.165, 1.54) is 0 Å². The maximum absolute atomic E-state index is 11.5. The van der Waals surface area contributed by atoms with Crippen LogP contribution in [0.4, 0.5) is 17.1 Å². The molecular weight excluding hydrogens is 254 g/mol. The summed E-state index contributed by atoms with van der Waals surface area (Å²) >= 11 is 0. The van der Waals surface area contributed by atoms with E-state index < -0.39 is 0 Å². The van der Waals surface area contributed by atoms with Crippen LogP contribution < -0.4 is 16.4 Å². The van der Waals surface area contributed by atoms with Crippen LogP contribution >= 0.6 is 0 Å². The molecule has 1 aromatic heterocycles. The van der Waals surface area contributed by atoms with Crippen LogP contribution in [0.2, 0.25) is 0 Å². The topological polar surface area (TPSA) is 85.0 Å². The highest BCUT2D eigenvalue weighted by Gasteiger charge is 2.10. The Hall–Kier alpha value is -2.50. The normalized spacial score (nSPS) is 10.3. The molecule has 1 aromatic carbocycles. The molecule has 1 amide bonds. The molecule has 4 N–H and O–H groups in total. The van der Waals surface area contributed by atoms with E-state index in [-0.39, 0.29) is 5.91 Å². The van der Waals surface area contributed by atoms with E-state index in [4.69, 9.17) is 5.73 Å². The fourth-order valence-electron chi connectivity index (χ4n) is 2.01. The first-order chi connectivity index (χ1) is 9.55. The third-order valence-electron chi connectivity index (χ3n) is 3.05. The van der Waals surface area contributed by atoms with Crippen LogP contribution in [0.5, 0.6) is 0 Å². The van der Waals surface area contributed by atoms with Crippen molar-refractivity contribution in [1.29, 1.82) is 0 Å². The number of carbonyl (C=O) groups is 1. The van der Waals surface area contributed by atoms with Crippen molar-refractivity contribution in [2.24, 2.45) is 7.05 Å². The van der Waals surface area contributed by atoms with E-state index in [1.54, 1.807) is 29.9 Å². The van der Waals surface area contributed by atoms with Crippen molar-refractivity contribution >= 4 is 23.0 Å². The Bertz CT molecular complexity index is 632. The molecule has 0 atom stereocenters. The molecule has 0 spiro atoms. The fraction of sp³-hybridized carbons (Fsp3) is 0.286. The van der Waals surface area contributed by atoms with Crippen molar-refractivity contribution in [1.82, 2.24) is 15.1 Å². The number of aromatic nitrogens is 2. The quantitative estimate of drug-likeness (QED) is 0.740. The number of benzene rings is 1. The number of aryl methyl sites for hydroxylation is 2. The fourth-order valence-corrected chi connectivity index (χ4v) is 2.01. The predicted molar refractivity (Wildman–Crippen MR) is 80.1 cm³/mol. The lowest BCUT2D eigenvalue weighted by molar-refractivity contribution is 0.0963. The minimum absolute atomic E-state index is 0.154. The molecule has 2 rings (SSSR count). The van der Waals surface area contributed by atoms with Crippen LogP contribution in [0.1, 0.15) is 23.0 Å². The average molecular weight is 273 g/mol. The minimum Gasteiger partial charge on any atom is -0.397 e. The van der Waals surface area contributed by atoms with Crippen molar-refractivity contribution in [3.63, 3.8) is 0 Å². The van der Waals surface area contributed by atoms with Gasteiger partial charge in [-0.3, -0.25) is 9.48 Å². The van der Waals surface area contributed by atoms with Crippen LogP contribution in [-0.4, -0.2) is 22.7 Å². The highest BCUT2D eigenvalue weighted by Crippen LogP contribution is 2.26. The van der Waals surface area contributed by atoms with Crippen molar-refractivity contribution in [3.05, 3.63) is 35.7 Å². The van der Waals surface area contributed by atoms with Gasteiger partial charge in [0.1, 0.15) is 0 Å². The lowest BCUT2D eigenvalue weighted by atomic mass is 10.1. The number of hydrogen-bond donors (Lipinski definition) is 3. The van der Waals surface area contributed by atoms with Gasteiger partial charge in [0.25, 0.3) is 5.91 Å². The number of nitrogen functional groups attached to an aromatic ring is 1. The molecule has 106 valence electrons. The van der Waals surface area contributed by atoms with Crippen LogP contribution in [-0.2, 0) is 13.5 Å². The van der Waals surface area contributed by atoms with Gasteiger partial charge in [0.2, 0.25) is 0 Å². The van der Waals surface area contributed by atoms with Gasteiger partial charge in [0.05, 0.1) is 22.8 Å². The number of nitrogens with two attached hydrogens (primary N) is 1. The van der Waals surface area contributed by atoms with Crippen LogP contribution in [0.3, 0.4) is 0 Å². The van der Waals surface area contributed by atoms with Gasteiger partial charge >= 0.3 is 0 Å². The highest BCUT2D eigenvalue weighted by atomic mass is 16.1. The lowest BCUT2D eigenvalue weighted by Crippen LogP contribution is -2.18. The van der Waals surface area contributed by atoms with E-state index in [0.717, 1.165) is 23.5 Å². The largest absolute Gasteiger partial charge is 0.397 e. The van der Waals surface area contributed by atoms with Gasteiger partial charge in [0, 0.05) is 25.9 Å². The predicted octanol–water partition coefficient (Wildman–Crippen LogP) is 1.67. The first-order valence-electron chi connectivity index (χ1n) is 6.46. The number of nitrogens with zero attached hydrogens (tertiary/aromatic N) is 2. The zero-order valence-corrected chi connectivity index (χ0v) is 11.9. The molecule has 2 aromatic rings. The molecule has 1 heterocycles. The molecule has 0 aliphatic heterocycles. The maximum atomic E-state index is 11.5. The summed E-state index contributed by atoms with van der Waals surface area (Å²) in [5.74, 6) is -0.154. The summed E-state index contributed by atoms with van der Waals surface area (Å²) < 4.78 is 1.76. The zero-order chi connectivity index (χ0) is 14.7. The first kappa shape index (κ1) is 13.9. The Morgan fingerprint density at radius 3 is 2.75 bits per heavy atom. The maximum Gasteiger partial charge on any atom is 0.251 e. The van der Waals surface area contributed by atoms with E-state index in [1.807, 2.05) is 20.2 Å². The molecule has 0 saturated carbocycles. The van der Waals surface area contributed by atoms with Gasteiger partial charge in [-0.1, -0.05) is 6.92 Å². The van der Waals surface area contributed by atoms with Crippen molar-refractivity contribution < 1.29 is 4.79 Å². The third-order valence-corrected chi connectivity index (χ3v) is 3.05. The van der Waals surface area contributed by atoms with E-state index >= 15 is 0 Å². The number of carbonyl (C=O) groups excluding carboxylic acids is 1. The minimum atomic E-state index is -0.154. The molecule has 0 saturated heterocycles. The Kier molecular flexibility index (Phi) is 3.93. The van der Waals surface area contributed by atoms with Crippen LogP contribution in [0.25, 0.3) is 0 Å². The van der Waals surface area contributed by atoms with E-state index in [9.17, 15) is 4.79 Å². The van der Waals surface area contributed by atoms with Crippen molar-refractivity contribution in [2.45, 2.75) is 13.3 Å². The number of nitrogens with one attached hydrogen (secondary N) is 2. The van der Waals surface area contributed by atoms with Crippen molar-refractivity contribution in [2.75, 3.05) is 18.1 Å². The molecule has 0 aliphatic carbocycles. The zero-order valence-electron chi connectivity index (χ0n) is 11.9. The number of anilines is 3. The molecule has 20 heavy (non-hydrogen) atoms. The number of hydrogen-bond acceptors (Lipinski definition) is 4. The molecule has 0 bridgehead atoms. The average Bonchev–Trinajstić information content (AvgIpc) is 2.80. The summed E-state index contributed by atoms with van der Waals surface area (Å²) in [5.41, 5.74) is 9.72. The molecule has 0 unspecified atom stereocenters. The van der Waals surface area contributed by atoms with Crippen molar-refractivity contribution in [3.8, 4) is 0 Å². The SMILES string of the molecule is CCc1nn(C)cc1Nc1ccc(C(=O)NC)cc1N. The summed E-state index contributed by atoms with van der Waals surface area (Å²) in [6, 6.07) is 5.19. The summed E-state index contributed by atoms with van der Waals surface area (Å²) in [6.45, 7) is 2.05.